The van der Waals surface area contributed by atoms with Gasteiger partial charge in [-0.1, -0.05) is 0 Å². The summed E-state index contributed by atoms with van der Waals surface area (Å²) in [5.41, 5.74) is -0.677. The Balaban J connectivity index is 1.63. The number of nitrogens with zero attached hydrogens (tertiary/aromatic N) is 2. The Morgan fingerprint density at radius 2 is 1.97 bits per heavy atom. The SMILES string of the molecule is CCOc1ccc(-c2cc(=O)n(CCNC(=O)c3c[nH]c(=O)[nH]c3=O)cn2)cc1. The highest BCUT2D eigenvalue weighted by molar-refractivity contribution is 5.93. The number of aromatic amines is 2. The molecule has 0 bridgehead atoms. The molecule has 0 unspecified atom stereocenters. The quantitative estimate of drug-likeness (QED) is 0.517. The van der Waals surface area contributed by atoms with Crippen LogP contribution in [-0.4, -0.2) is 38.6 Å². The maximum absolute atomic E-state index is 12.3. The molecule has 2 aromatic heterocycles. The highest BCUT2D eigenvalue weighted by atomic mass is 16.5. The highest BCUT2D eigenvalue weighted by Crippen LogP contribution is 2.19. The third kappa shape index (κ3) is 4.86. The summed E-state index contributed by atoms with van der Waals surface area (Å²) in [6.45, 7) is 2.74. The fourth-order valence-corrected chi connectivity index (χ4v) is 2.60. The predicted molar refractivity (Wildman–Crippen MR) is 105 cm³/mol. The zero-order chi connectivity index (χ0) is 20.8. The zero-order valence-electron chi connectivity index (χ0n) is 15.6. The minimum atomic E-state index is -0.787. The molecule has 2 heterocycles. The number of hydrogen-bond donors (Lipinski definition) is 3. The second-order valence-corrected chi connectivity index (χ2v) is 6.00. The molecule has 0 fully saturated rings. The van der Waals surface area contributed by atoms with Gasteiger partial charge in [0, 0.05) is 30.9 Å². The lowest BCUT2D eigenvalue weighted by Gasteiger charge is -2.08. The average Bonchev–Trinajstić information content (AvgIpc) is 2.70. The molecule has 29 heavy (non-hydrogen) atoms. The van der Waals surface area contributed by atoms with Gasteiger partial charge in [-0.25, -0.2) is 9.78 Å². The first-order valence-corrected chi connectivity index (χ1v) is 8.88. The molecule has 0 aliphatic heterocycles. The first kappa shape index (κ1) is 19.8. The molecule has 0 atom stereocenters. The molecule has 0 spiro atoms. The molecule has 0 saturated carbocycles. The number of carbonyl (C=O) groups is 1. The summed E-state index contributed by atoms with van der Waals surface area (Å²) in [4.78, 5) is 55.4. The first-order chi connectivity index (χ1) is 14.0. The molecule has 3 aromatic rings. The standard InChI is InChI=1S/C19H19N5O5/c1-2-29-13-5-3-12(4-6-13)15-9-16(25)24(11-22-15)8-7-20-17(26)14-10-21-19(28)23-18(14)27/h3-6,9-11H,2,7-8H2,1H3,(H,20,26)(H2,21,23,27,28). The van der Waals surface area contributed by atoms with E-state index in [1.54, 1.807) is 12.1 Å². The summed E-state index contributed by atoms with van der Waals surface area (Å²) in [5.74, 6) is 0.0798. The molecular formula is C19H19N5O5. The van der Waals surface area contributed by atoms with Crippen molar-refractivity contribution in [3.63, 3.8) is 0 Å². The molecule has 10 nitrogen and oxygen atoms in total. The Morgan fingerprint density at radius 3 is 2.62 bits per heavy atom. The van der Waals surface area contributed by atoms with Gasteiger partial charge in [-0.15, -0.1) is 0 Å². The Morgan fingerprint density at radius 1 is 1.21 bits per heavy atom. The van der Waals surface area contributed by atoms with E-state index in [0.29, 0.717) is 12.3 Å². The van der Waals surface area contributed by atoms with Crippen LogP contribution in [0.2, 0.25) is 0 Å². The number of hydrogen-bond acceptors (Lipinski definition) is 6. The molecule has 10 heteroatoms. The number of ether oxygens (including phenoxy) is 1. The van der Waals surface area contributed by atoms with Crippen molar-refractivity contribution in [2.75, 3.05) is 13.2 Å². The van der Waals surface area contributed by atoms with E-state index >= 15 is 0 Å². The van der Waals surface area contributed by atoms with Gasteiger partial charge in [-0.2, -0.15) is 0 Å². The topological polar surface area (TPSA) is 139 Å². The number of nitrogens with one attached hydrogen (secondary N) is 3. The van der Waals surface area contributed by atoms with Crippen LogP contribution in [0, 0.1) is 0 Å². The van der Waals surface area contributed by atoms with E-state index in [9.17, 15) is 19.2 Å². The lowest BCUT2D eigenvalue weighted by molar-refractivity contribution is 0.0950. The summed E-state index contributed by atoms with van der Waals surface area (Å²) in [6, 6.07) is 8.66. The Labute approximate surface area is 164 Å². The van der Waals surface area contributed by atoms with Crippen LogP contribution in [0.25, 0.3) is 11.3 Å². The largest absolute Gasteiger partial charge is 0.494 e. The lowest BCUT2D eigenvalue weighted by atomic mass is 10.1. The molecule has 0 radical (unpaired) electrons. The van der Waals surface area contributed by atoms with Crippen molar-refractivity contribution >= 4 is 5.91 Å². The van der Waals surface area contributed by atoms with Crippen LogP contribution in [0.4, 0.5) is 0 Å². The van der Waals surface area contributed by atoms with Crippen molar-refractivity contribution in [1.82, 2.24) is 24.8 Å². The van der Waals surface area contributed by atoms with E-state index in [-0.39, 0.29) is 24.2 Å². The molecule has 3 N–H and O–H groups in total. The van der Waals surface area contributed by atoms with Crippen LogP contribution in [0.5, 0.6) is 5.75 Å². The lowest BCUT2D eigenvalue weighted by Crippen LogP contribution is -2.35. The summed E-state index contributed by atoms with van der Waals surface area (Å²) < 4.78 is 6.73. The monoisotopic (exact) mass is 397 g/mol. The Bertz CT molecular complexity index is 1180. The molecule has 150 valence electrons. The first-order valence-electron chi connectivity index (χ1n) is 8.88. The van der Waals surface area contributed by atoms with Crippen LogP contribution < -0.4 is 26.9 Å². The Kier molecular flexibility index (Phi) is 6.03. The molecular weight excluding hydrogens is 378 g/mol. The fraction of sp³-hybridized carbons (Fsp3) is 0.211. The van der Waals surface area contributed by atoms with Gasteiger partial charge in [0.2, 0.25) is 0 Å². The van der Waals surface area contributed by atoms with Crippen LogP contribution in [0.3, 0.4) is 0 Å². The summed E-state index contributed by atoms with van der Waals surface area (Å²) in [7, 11) is 0. The van der Waals surface area contributed by atoms with Crippen molar-refractivity contribution < 1.29 is 9.53 Å². The van der Waals surface area contributed by atoms with Gasteiger partial charge in [-0.05, 0) is 31.2 Å². The van der Waals surface area contributed by atoms with Crippen molar-refractivity contribution in [2.24, 2.45) is 0 Å². The van der Waals surface area contributed by atoms with Gasteiger partial charge in [0.25, 0.3) is 17.0 Å². The van der Waals surface area contributed by atoms with E-state index in [1.807, 2.05) is 24.0 Å². The normalized spacial score (nSPS) is 10.5. The zero-order valence-corrected chi connectivity index (χ0v) is 15.6. The predicted octanol–water partition coefficient (Wildman–Crippen LogP) is 0.116. The number of aromatic nitrogens is 4. The van der Waals surface area contributed by atoms with Crippen molar-refractivity contribution in [1.29, 1.82) is 0 Å². The van der Waals surface area contributed by atoms with Gasteiger partial charge < -0.3 is 15.0 Å². The summed E-state index contributed by atoms with van der Waals surface area (Å²) in [6.07, 6.45) is 2.43. The van der Waals surface area contributed by atoms with Crippen molar-refractivity contribution in [2.45, 2.75) is 13.5 Å². The van der Waals surface area contributed by atoms with Gasteiger partial charge in [-0.3, -0.25) is 23.9 Å². The maximum Gasteiger partial charge on any atom is 0.325 e. The van der Waals surface area contributed by atoms with Crippen molar-refractivity contribution in [3.05, 3.63) is 79.6 Å². The van der Waals surface area contributed by atoms with Gasteiger partial charge in [0.05, 0.1) is 18.6 Å². The summed E-state index contributed by atoms with van der Waals surface area (Å²) in [5, 5.41) is 2.52. The maximum atomic E-state index is 12.3. The molecule has 0 aliphatic carbocycles. The summed E-state index contributed by atoms with van der Waals surface area (Å²) >= 11 is 0. The molecule has 0 saturated heterocycles. The van der Waals surface area contributed by atoms with E-state index < -0.39 is 17.2 Å². The number of H-pyrrole nitrogens is 2. The minimum Gasteiger partial charge on any atom is -0.494 e. The number of benzene rings is 1. The molecule has 1 amide bonds. The number of carbonyl (C=O) groups excluding carboxylic acids is 1. The van der Waals surface area contributed by atoms with Crippen LogP contribution in [0.1, 0.15) is 17.3 Å². The Hall–Kier alpha value is -3.95. The minimum absolute atomic E-state index is 0.0986. The molecule has 3 rings (SSSR count). The second kappa shape index (κ2) is 8.83. The van der Waals surface area contributed by atoms with E-state index in [0.717, 1.165) is 17.5 Å². The van der Waals surface area contributed by atoms with Crippen LogP contribution in [0.15, 0.2) is 57.2 Å². The molecule has 0 aliphatic rings. The third-order valence-electron chi connectivity index (χ3n) is 4.04. The third-order valence-corrected chi connectivity index (χ3v) is 4.04. The van der Waals surface area contributed by atoms with E-state index in [1.165, 1.54) is 17.0 Å². The second-order valence-electron chi connectivity index (χ2n) is 6.00. The molecule has 1 aromatic carbocycles. The van der Waals surface area contributed by atoms with Gasteiger partial charge in [0.15, 0.2) is 0 Å². The van der Waals surface area contributed by atoms with Gasteiger partial charge >= 0.3 is 5.69 Å². The van der Waals surface area contributed by atoms with Crippen LogP contribution >= 0.6 is 0 Å². The van der Waals surface area contributed by atoms with E-state index in [4.69, 9.17) is 4.74 Å². The fourth-order valence-electron chi connectivity index (χ4n) is 2.60. The smallest absolute Gasteiger partial charge is 0.325 e. The van der Waals surface area contributed by atoms with Crippen molar-refractivity contribution in [3.8, 4) is 17.0 Å². The van der Waals surface area contributed by atoms with Gasteiger partial charge in [0.1, 0.15) is 11.3 Å². The average molecular weight is 397 g/mol. The highest BCUT2D eigenvalue weighted by Gasteiger charge is 2.10. The van der Waals surface area contributed by atoms with Crippen LogP contribution in [-0.2, 0) is 6.54 Å². The number of rotatable bonds is 7. The van der Waals surface area contributed by atoms with E-state index in [2.05, 4.69) is 15.3 Å². The number of amides is 1.